The molecule has 2 fully saturated rings. The fraction of sp³-hybridized carbons (Fsp3) is 0.846. The molecule has 4 heteroatoms. The van der Waals surface area contributed by atoms with Crippen LogP contribution in [0.25, 0.3) is 0 Å². The summed E-state index contributed by atoms with van der Waals surface area (Å²) in [7, 11) is 0. The van der Waals surface area contributed by atoms with E-state index < -0.39 is 0 Å². The molecule has 0 aliphatic heterocycles. The van der Waals surface area contributed by atoms with Crippen LogP contribution in [0.4, 0.5) is 0 Å². The average molecular weight is 235 g/mol. The van der Waals surface area contributed by atoms with Crippen LogP contribution in [0, 0.1) is 0 Å². The van der Waals surface area contributed by atoms with Crippen molar-refractivity contribution < 1.29 is 4.52 Å². The van der Waals surface area contributed by atoms with Gasteiger partial charge in [-0.2, -0.15) is 4.98 Å². The molecule has 2 N–H and O–H groups in total. The molecule has 1 heterocycles. The van der Waals surface area contributed by atoms with Gasteiger partial charge in [0.2, 0.25) is 5.89 Å². The van der Waals surface area contributed by atoms with E-state index in [9.17, 15) is 0 Å². The van der Waals surface area contributed by atoms with Gasteiger partial charge < -0.3 is 10.3 Å². The lowest BCUT2D eigenvalue weighted by Crippen LogP contribution is -2.48. The summed E-state index contributed by atoms with van der Waals surface area (Å²) in [6.45, 7) is 0. The van der Waals surface area contributed by atoms with E-state index in [0.29, 0.717) is 5.92 Å². The summed E-state index contributed by atoms with van der Waals surface area (Å²) in [5.74, 6) is 2.19. The van der Waals surface area contributed by atoms with Gasteiger partial charge in [0.15, 0.2) is 5.82 Å². The Balaban J connectivity index is 1.65. The van der Waals surface area contributed by atoms with Gasteiger partial charge in [0.25, 0.3) is 0 Å². The van der Waals surface area contributed by atoms with E-state index in [1.54, 1.807) is 0 Å². The molecule has 0 amide bonds. The summed E-state index contributed by atoms with van der Waals surface area (Å²) < 4.78 is 5.35. The summed E-state index contributed by atoms with van der Waals surface area (Å²) >= 11 is 0. The zero-order valence-electron chi connectivity index (χ0n) is 10.3. The van der Waals surface area contributed by atoms with Crippen LogP contribution < -0.4 is 5.73 Å². The molecule has 3 rings (SSSR count). The predicted molar refractivity (Wildman–Crippen MR) is 64.6 cm³/mol. The van der Waals surface area contributed by atoms with E-state index in [4.69, 9.17) is 10.3 Å². The lowest BCUT2D eigenvalue weighted by atomic mass is 9.75. The minimum Gasteiger partial charge on any atom is -0.339 e. The van der Waals surface area contributed by atoms with Gasteiger partial charge in [-0.1, -0.05) is 24.4 Å². The first-order valence-corrected chi connectivity index (χ1v) is 6.87. The molecule has 0 unspecified atom stereocenters. The number of hydrogen-bond acceptors (Lipinski definition) is 4. The normalized spacial score (nSPS) is 24.5. The summed E-state index contributed by atoms with van der Waals surface area (Å²) in [5.41, 5.74) is 6.14. The van der Waals surface area contributed by atoms with Crippen molar-refractivity contribution in [3.05, 3.63) is 11.7 Å². The van der Waals surface area contributed by atoms with Crippen molar-refractivity contribution in [3.63, 3.8) is 0 Å². The monoisotopic (exact) mass is 235 g/mol. The largest absolute Gasteiger partial charge is 0.339 e. The minimum atomic E-state index is -0.0592. The summed E-state index contributed by atoms with van der Waals surface area (Å²) in [4.78, 5) is 4.54. The second kappa shape index (κ2) is 4.41. The molecule has 2 aliphatic rings. The fourth-order valence-corrected chi connectivity index (χ4v) is 2.98. The fourth-order valence-electron chi connectivity index (χ4n) is 2.98. The average Bonchev–Trinajstić information content (AvgIpc) is 2.77. The Morgan fingerprint density at radius 1 is 1.18 bits per heavy atom. The maximum atomic E-state index is 6.19. The SMILES string of the molecule is NC1(Cc2nc(C3CCCCC3)no2)CCC1. The van der Waals surface area contributed by atoms with Crippen molar-refractivity contribution >= 4 is 0 Å². The van der Waals surface area contributed by atoms with E-state index in [1.165, 1.54) is 38.5 Å². The van der Waals surface area contributed by atoms with Crippen molar-refractivity contribution in [3.8, 4) is 0 Å². The molecule has 94 valence electrons. The van der Waals surface area contributed by atoms with Crippen LogP contribution in [-0.2, 0) is 6.42 Å². The van der Waals surface area contributed by atoms with Crippen molar-refractivity contribution in [2.75, 3.05) is 0 Å². The van der Waals surface area contributed by atoms with Crippen LogP contribution in [0.5, 0.6) is 0 Å². The molecular formula is C13H21N3O. The van der Waals surface area contributed by atoms with E-state index in [0.717, 1.165) is 31.0 Å². The smallest absolute Gasteiger partial charge is 0.228 e. The van der Waals surface area contributed by atoms with Crippen LogP contribution in [-0.4, -0.2) is 15.7 Å². The maximum absolute atomic E-state index is 6.19. The van der Waals surface area contributed by atoms with Gasteiger partial charge >= 0.3 is 0 Å². The molecule has 0 bridgehead atoms. The van der Waals surface area contributed by atoms with Gasteiger partial charge in [0, 0.05) is 17.9 Å². The summed E-state index contributed by atoms with van der Waals surface area (Å²) in [6.07, 6.45) is 10.6. The first-order valence-electron chi connectivity index (χ1n) is 6.87. The molecule has 0 aromatic carbocycles. The van der Waals surface area contributed by atoms with Gasteiger partial charge in [-0.15, -0.1) is 0 Å². The molecule has 4 nitrogen and oxygen atoms in total. The van der Waals surface area contributed by atoms with Crippen LogP contribution >= 0.6 is 0 Å². The van der Waals surface area contributed by atoms with Crippen LogP contribution in [0.1, 0.15) is 69.0 Å². The third kappa shape index (κ3) is 2.37. The molecule has 2 aliphatic carbocycles. The Bertz CT molecular complexity index is 378. The van der Waals surface area contributed by atoms with Crippen LogP contribution in [0.15, 0.2) is 4.52 Å². The number of nitrogens with two attached hydrogens (primary N) is 1. The second-order valence-corrected chi connectivity index (χ2v) is 5.77. The molecule has 1 aromatic rings. The molecule has 17 heavy (non-hydrogen) atoms. The zero-order chi connectivity index (χ0) is 11.7. The number of nitrogens with zero attached hydrogens (tertiary/aromatic N) is 2. The Morgan fingerprint density at radius 2 is 1.94 bits per heavy atom. The summed E-state index contributed by atoms with van der Waals surface area (Å²) in [5, 5.41) is 4.14. The van der Waals surface area contributed by atoms with Gasteiger partial charge in [-0.05, 0) is 32.1 Å². The van der Waals surface area contributed by atoms with Gasteiger partial charge in [-0.3, -0.25) is 0 Å². The number of rotatable bonds is 3. The van der Waals surface area contributed by atoms with Crippen molar-refractivity contribution in [2.24, 2.45) is 5.73 Å². The number of hydrogen-bond donors (Lipinski definition) is 1. The molecule has 0 saturated heterocycles. The van der Waals surface area contributed by atoms with Crippen LogP contribution in [0.2, 0.25) is 0 Å². The molecule has 0 radical (unpaired) electrons. The van der Waals surface area contributed by atoms with E-state index in [-0.39, 0.29) is 5.54 Å². The second-order valence-electron chi connectivity index (χ2n) is 5.77. The Labute approximate surface area is 102 Å². The van der Waals surface area contributed by atoms with Crippen molar-refractivity contribution in [1.29, 1.82) is 0 Å². The lowest BCUT2D eigenvalue weighted by molar-refractivity contribution is 0.221. The van der Waals surface area contributed by atoms with E-state index >= 15 is 0 Å². The van der Waals surface area contributed by atoms with Crippen molar-refractivity contribution in [2.45, 2.75) is 69.2 Å². The number of aromatic nitrogens is 2. The maximum Gasteiger partial charge on any atom is 0.228 e. The first-order chi connectivity index (χ1) is 8.25. The molecule has 2 saturated carbocycles. The van der Waals surface area contributed by atoms with Gasteiger partial charge in [0.1, 0.15) is 0 Å². The highest BCUT2D eigenvalue weighted by atomic mass is 16.5. The van der Waals surface area contributed by atoms with Crippen LogP contribution in [0.3, 0.4) is 0 Å². The third-order valence-electron chi connectivity index (χ3n) is 4.31. The third-order valence-corrected chi connectivity index (χ3v) is 4.31. The zero-order valence-corrected chi connectivity index (χ0v) is 10.3. The Kier molecular flexibility index (Phi) is 2.90. The predicted octanol–water partition coefficient (Wildman–Crippen LogP) is 2.54. The molecular weight excluding hydrogens is 214 g/mol. The highest BCUT2D eigenvalue weighted by Crippen LogP contribution is 2.34. The molecule has 0 spiro atoms. The quantitative estimate of drug-likeness (QED) is 0.874. The standard InChI is InChI=1S/C13H21N3O/c14-13(7-4-8-13)9-11-15-12(16-17-11)10-5-2-1-3-6-10/h10H,1-9,14H2. The Hall–Kier alpha value is -0.900. The first kappa shape index (κ1) is 11.2. The van der Waals surface area contributed by atoms with Gasteiger partial charge in [0.05, 0.1) is 0 Å². The van der Waals surface area contributed by atoms with Gasteiger partial charge in [-0.25, -0.2) is 0 Å². The highest BCUT2D eigenvalue weighted by Gasteiger charge is 2.35. The topological polar surface area (TPSA) is 64.9 Å². The van der Waals surface area contributed by atoms with E-state index in [2.05, 4.69) is 10.1 Å². The lowest BCUT2D eigenvalue weighted by Gasteiger charge is -2.36. The van der Waals surface area contributed by atoms with E-state index in [1.807, 2.05) is 0 Å². The minimum absolute atomic E-state index is 0.0592. The van der Waals surface area contributed by atoms with Crippen molar-refractivity contribution in [1.82, 2.24) is 10.1 Å². The molecule has 1 aromatic heterocycles. The Morgan fingerprint density at radius 3 is 2.59 bits per heavy atom. The highest BCUT2D eigenvalue weighted by molar-refractivity contribution is 5.03. The molecule has 0 atom stereocenters. The summed E-state index contributed by atoms with van der Waals surface area (Å²) in [6, 6.07) is 0.